The van der Waals surface area contributed by atoms with Gasteiger partial charge in [0.05, 0.1) is 5.75 Å². The first-order valence-electron chi connectivity index (χ1n) is 6.73. The van der Waals surface area contributed by atoms with Gasteiger partial charge in [-0.15, -0.1) is 0 Å². The Hall–Kier alpha value is -2.15. The Morgan fingerprint density at radius 3 is 2.05 bits per heavy atom. The van der Waals surface area contributed by atoms with Crippen molar-refractivity contribution in [3.8, 4) is 0 Å². The molecule has 22 heavy (non-hydrogen) atoms. The number of rotatable bonds is 6. The lowest BCUT2D eigenvalue weighted by Crippen LogP contribution is -2.15. The van der Waals surface area contributed by atoms with Gasteiger partial charge in [0, 0.05) is 11.4 Å². The molecule has 0 aliphatic heterocycles. The molecule has 2 rings (SSSR count). The monoisotopic (exact) mass is 326 g/mol. The van der Waals surface area contributed by atoms with Crippen LogP contribution in [-0.2, 0) is 10.0 Å². The Bertz CT molecular complexity index is 726. The maximum Gasteiger partial charge on any atom is 0.232 e. The highest BCUT2D eigenvalue weighted by Gasteiger charge is 2.10. The molecule has 0 bridgehead atoms. The van der Waals surface area contributed by atoms with Gasteiger partial charge in [-0.3, -0.25) is 4.72 Å². The van der Waals surface area contributed by atoms with Gasteiger partial charge in [0.1, 0.15) is 17.3 Å². The molecule has 0 aliphatic rings. The second-order valence-electron chi connectivity index (χ2n) is 4.72. The van der Waals surface area contributed by atoms with Crippen LogP contribution in [0.15, 0.2) is 42.5 Å². The quantitative estimate of drug-likeness (QED) is 0.847. The van der Waals surface area contributed by atoms with E-state index in [0.29, 0.717) is 17.8 Å². The number of hydrogen-bond donors (Lipinski definition) is 2. The maximum absolute atomic E-state index is 13.5. The molecule has 0 fully saturated rings. The molecular weight excluding hydrogens is 310 g/mol. The van der Waals surface area contributed by atoms with E-state index in [9.17, 15) is 17.2 Å². The van der Waals surface area contributed by atoms with Crippen LogP contribution in [-0.4, -0.2) is 14.2 Å². The molecule has 0 saturated carbocycles. The molecule has 2 aromatic carbocycles. The molecular formula is C15H16F2N2O2S. The summed E-state index contributed by atoms with van der Waals surface area (Å²) in [7, 11) is -3.36. The van der Waals surface area contributed by atoms with E-state index in [1.807, 2.05) is 0 Å². The van der Waals surface area contributed by atoms with E-state index >= 15 is 0 Å². The minimum absolute atomic E-state index is 0.0352. The van der Waals surface area contributed by atoms with Crippen molar-refractivity contribution < 1.29 is 17.2 Å². The fourth-order valence-electron chi connectivity index (χ4n) is 1.88. The smallest absolute Gasteiger partial charge is 0.232 e. The molecule has 0 atom stereocenters. The average molecular weight is 326 g/mol. The van der Waals surface area contributed by atoms with Crippen molar-refractivity contribution in [3.05, 3.63) is 54.1 Å². The SMILES string of the molecule is CCCS(=O)(=O)Nc1ccc(Nc2c(F)cccc2F)cc1. The summed E-state index contributed by atoms with van der Waals surface area (Å²) >= 11 is 0. The van der Waals surface area contributed by atoms with Crippen molar-refractivity contribution in [1.82, 2.24) is 0 Å². The molecule has 0 spiro atoms. The first kappa shape index (κ1) is 16.2. The van der Waals surface area contributed by atoms with Crippen molar-refractivity contribution in [1.29, 1.82) is 0 Å². The zero-order valence-corrected chi connectivity index (χ0v) is 12.8. The highest BCUT2D eigenvalue weighted by molar-refractivity contribution is 7.92. The van der Waals surface area contributed by atoms with Gasteiger partial charge < -0.3 is 5.32 Å². The third-order valence-corrected chi connectivity index (χ3v) is 4.36. The molecule has 118 valence electrons. The minimum Gasteiger partial charge on any atom is -0.351 e. The van der Waals surface area contributed by atoms with Gasteiger partial charge in [0.2, 0.25) is 10.0 Å². The fourth-order valence-corrected chi connectivity index (χ4v) is 3.02. The van der Waals surface area contributed by atoms with Crippen LogP contribution in [0.5, 0.6) is 0 Å². The third-order valence-electron chi connectivity index (χ3n) is 2.86. The van der Waals surface area contributed by atoms with Gasteiger partial charge in [0.25, 0.3) is 0 Å². The van der Waals surface area contributed by atoms with Crippen LogP contribution in [0, 0.1) is 11.6 Å². The van der Waals surface area contributed by atoms with E-state index in [-0.39, 0.29) is 11.4 Å². The van der Waals surface area contributed by atoms with Crippen LogP contribution in [0.3, 0.4) is 0 Å². The van der Waals surface area contributed by atoms with E-state index in [1.165, 1.54) is 30.3 Å². The lowest BCUT2D eigenvalue weighted by atomic mass is 10.2. The Kier molecular flexibility index (Phi) is 4.97. The van der Waals surface area contributed by atoms with Crippen LogP contribution in [0.4, 0.5) is 25.8 Å². The Morgan fingerprint density at radius 1 is 0.955 bits per heavy atom. The molecule has 0 unspecified atom stereocenters. The summed E-state index contributed by atoms with van der Waals surface area (Å²) in [4.78, 5) is 0. The van der Waals surface area contributed by atoms with Crippen LogP contribution in [0.25, 0.3) is 0 Å². The largest absolute Gasteiger partial charge is 0.351 e. The Labute approximate surface area is 128 Å². The fraction of sp³-hybridized carbons (Fsp3) is 0.200. The van der Waals surface area contributed by atoms with Gasteiger partial charge in [-0.2, -0.15) is 0 Å². The highest BCUT2D eigenvalue weighted by Crippen LogP contribution is 2.24. The molecule has 0 radical (unpaired) electrons. The minimum atomic E-state index is -3.36. The van der Waals surface area contributed by atoms with Crippen molar-refractivity contribution in [2.75, 3.05) is 15.8 Å². The lowest BCUT2D eigenvalue weighted by Gasteiger charge is -2.10. The van der Waals surface area contributed by atoms with Crippen LogP contribution >= 0.6 is 0 Å². The van der Waals surface area contributed by atoms with Crippen molar-refractivity contribution >= 4 is 27.1 Å². The highest BCUT2D eigenvalue weighted by atomic mass is 32.2. The predicted octanol–water partition coefficient (Wildman–Crippen LogP) is 3.86. The zero-order valence-electron chi connectivity index (χ0n) is 11.9. The molecule has 0 saturated heterocycles. The van der Waals surface area contributed by atoms with Crippen LogP contribution in [0.1, 0.15) is 13.3 Å². The predicted molar refractivity (Wildman–Crippen MR) is 83.8 cm³/mol. The number of sulfonamides is 1. The van der Waals surface area contributed by atoms with E-state index < -0.39 is 21.7 Å². The molecule has 2 N–H and O–H groups in total. The summed E-state index contributed by atoms with van der Waals surface area (Å²) < 4.78 is 52.8. The molecule has 0 aromatic heterocycles. The molecule has 4 nitrogen and oxygen atoms in total. The normalized spacial score (nSPS) is 11.2. The van der Waals surface area contributed by atoms with E-state index in [2.05, 4.69) is 10.0 Å². The van der Waals surface area contributed by atoms with E-state index in [0.717, 1.165) is 12.1 Å². The number of para-hydroxylation sites is 1. The van der Waals surface area contributed by atoms with E-state index in [1.54, 1.807) is 6.92 Å². The van der Waals surface area contributed by atoms with Crippen LogP contribution in [0.2, 0.25) is 0 Å². The number of benzene rings is 2. The first-order valence-corrected chi connectivity index (χ1v) is 8.38. The molecule has 0 heterocycles. The summed E-state index contributed by atoms with van der Waals surface area (Å²) in [6, 6.07) is 9.70. The van der Waals surface area contributed by atoms with Crippen molar-refractivity contribution in [3.63, 3.8) is 0 Å². The van der Waals surface area contributed by atoms with Gasteiger partial charge in [-0.1, -0.05) is 13.0 Å². The summed E-state index contributed by atoms with van der Waals surface area (Å²) in [5, 5.41) is 2.63. The average Bonchev–Trinajstić information content (AvgIpc) is 2.44. The lowest BCUT2D eigenvalue weighted by molar-refractivity contribution is 0.590. The summed E-state index contributed by atoms with van der Waals surface area (Å²) in [5.74, 6) is -1.37. The third kappa shape index (κ3) is 4.17. The van der Waals surface area contributed by atoms with Gasteiger partial charge >= 0.3 is 0 Å². The molecule has 2 aromatic rings. The van der Waals surface area contributed by atoms with Crippen molar-refractivity contribution in [2.45, 2.75) is 13.3 Å². The standard InChI is InChI=1S/C15H16F2N2O2S/c1-2-10-22(20,21)19-12-8-6-11(7-9-12)18-15-13(16)4-3-5-14(15)17/h3-9,18-19H,2,10H2,1H3. The Morgan fingerprint density at radius 2 is 1.50 bits per heavy atom. The van der Waals surface area contributed by atoms with Gasteiger partial charge in [-0.05, 0) is 42.8 Å². The number of nitrogens with one attached hydrogen (secondary N) is 2. The zero-order chi connectivity index (χ0) is 16.2. The summed E-state index contributed by atoms with van der Waals surface area (Å²) in [6.45, 7) is 1.77. The second-order valence-corrected chi connectivity index (χ2v) is 6.56. The first-order chi connectivity index (χ1) is 10.4. The topological polar surface area (TPSA) is 58.2 Å². The molecule has 0 aliphatic carbocycles. The van der Waals surface area contributed by atoms with Crippen LogP contribution < -0.4 is 10.0 Å². The summed E-state index contributed by atoms with van der Waals surface area (Å²) in [5.41, 5.74) is 0.595. The summed E-state index contributed by atoms with van der Waals surface area (Å²) in [6.07, 6.45) is 0.515. The van der Waals surface area contributed by atoms with E-state index in [4.69, 9.17) is 0 Å². The number of halogens is 2. The Balaban J connectivity index is 2.13. The maximum atomic E-state index is 13.5. The second kappa shape index (κ2) is 6.74. The number of hydrogen-bond acceptors (Lipinski definition) is 3. The van der Waals surface area contributed by atoms with Gasteiger partial charge in [0.15, 0.2) is 0 Å². The van der Waals surface area contributed by atoms with Gasteiger partial charge in [-0.25, -0.2) is 17.2 Å². The molecule has 7 heteroatoms. The number of anilines is 3. The van der Waals surface area contributed by atoms with Crippen molar-refractivity contribution in [2.24, 2.45) is 0 Å². The molecule has 0 amide bonds.